The van der Waals surface area contributed by atoms with E-state index in [0.29, 0.717) is 49.0 Å². The van der Waals surface area contributed by atoms with Gasteiger partial charge in [-0.25, -0.2) is 13.1 Å². The van der Waals surface area contributed by atoms with Crippen LogP contribution in [0.2, 0.25) is 0 Å². The highest BCUT2D eigenvalue weighted by atomic mass is 32.2. The van der Waals surface area contributed by atoms with Crippen LogP contribution in [0.25, 0.3) is 0 Å². The van der Waals surface area contributed by atoms with Crippen LogP contribution in [0.3, 0.4) is 0 Å². The monoisotopic (exact) mass is 449 g/mol. The highest BCUT2D eigenvalue weighted by molar-refractivity contribution is 7.90. The van der Waals surface area contributed by atoms with Crippen LogP contribution in [0.1, 0.15) is 74.1 Å². The molecule has 2 N–H and O–H groups in total. The number of carbonyl (C=O) groups excluding carboxylic acids is 3. The number of imide groups is 1. The lowest BCUT2D eigenvalue weighted by molar-refractivity contribution is -0.120. The van der Waals surface area contributed by atoms with Crippen molar-refractivity contribution >= 4 is 33.4 Å². The first kappa shape index (κ1) is 23.4. The van der Waals surface area contributed by atoms with E-state index >= 15 is 0 Å². The Balaban J connectivity index is 1.60. The van der Waals surface area contributed by atoms with E-state index in [1.165, 1.54) is 4.90 Å². The summed E-state index contributed by atoms with van der Waals surface area (Å²) >= 11 is 0. The number of hydrogen-bond acceptors (Lipinski definition) is 5. The lowest BCUT2D eigenvalue weighted by Gasteiger charge is -2.28. The summed E-state index contributed by atoms with van der Waals surface area (Å²) in [5.41, 5.74) is 1.16. The SMILES string of the molecule is CC(C)CN1C(=O)c2ccc(NC(=O)C3CCC(NS(=O)(=O)C(C)C)CC3)cc2C1=O. The fourth-order valence-corrected chi connectivity index (χ4v) is 4.96. The Morgan fingerprint density at radius 2 is 1.65 bits per heavy atom. The van der Waals surface area contributed by atoms with E-state index in [1.807, 2.05) is 13.8 Å². The Morgan fingerprint density at radius 3 is 2.23 bits per heavy atom. The molecule has 170 valence electrons. The van der Waals surface area contributed by atoms with Gasteiger partial charge in [-0.05, 0) is 63.6 Å². The predicted molar refractivity (Wildman–Crippen MR) is 118 cm³/mol. The molecule has 0 radical (unpaired) electrons. The van der Waals surface area contributed by atoms with Crippen LogP contribution in [0, 0.1) is 11.8 Å². The van der Waals surface area contributed by atoms with Crippen molar-refractivity contribution in [1.29, 1.82) is 0 Å². The number of anilines is 1. The fraction of sp³-hybridized carbons (Fsp3) is 0.591. The summed E-state index contributed by atoms with van der Waals surface area (Å²) in [6.07, 6.45) is 2.38. The molecule has 1 aromatic carbocycles. The normalized spacial score (nSPS) is 21.7. The lowest BCUT2D eigenvalue weighted by atomic mass is 9.86. The second-order valence-electron chi connectivity index (χ2n) is 9.12. The van der Waals surface area contributed by atoms with Gasteiger partial charge in [0.1, 0.15) is 0 Å². The maximum atomic E-state index is 12.7. The van der Waals surface area contributed by atoms with Crippen LogP contribution in [0.5, 0.6) is 0 Å². The molecular weight excluding hydrogens is 418 g/mol. The van der Waals surface area contributed by atoms with Crippen molar-refractivity contribution in [2.75, 3.05) is 11.9 Å². The van der Waals surface area contributed by atoms with E-state index in [0.717, 1.165) is 0 Å². The summed E-state index contributed by atoms with van der Waals surface area (Å²) in [4.78, 5) is 39.0. The molecule has 1 saturated carbocycles. The summed E-state index contributed by atoms with van der Waals surface area (Å²) < 4.78 is 26.8. The standard InChI is InChI=1S/C22H31N3O5S/c1-13(2)12-25-21(27)18-10-9-17(11-19(18)22(25)28)23-20(26)15-5-7-16(8-6-15)24-31(29,30)14(3)4/h9-11,13-16,24H,5-8,12H2,1-4H3,(H,23,26). The number of rotatable bonds is 7. The largest absolute Gasteiger partial charge is 0.326 e. The van der Waals surface area contributed by atoms with Gasteiger partial charge < -0.3 is 5.32 Å². The van der Waals surface area contributed by atoms with Gasteiger partial charge in [-0.3, -0.25) is 19.3 Å². The van der Waals surface area contributed by atoms with Crippen molar-refractivity contribution in [2.24, 2.45) is 11.8 Å². The zero-order valence-corrected chi connectivity index (χ0v) is 19.3. The molecule has 2 aliphatic rings. The number of nitrogens with zero attached hydrogens (tertiary/aromatic N) is 1. The zero-order chi connectivity index (χ0) is 22.9. The van der Waals surface area contributed by atoms with E-state index < -0.39 is 15.3 Å². The first-order valence-corrected chi connectivity index (χ1v) is 12.4. The Bertz CT molecular complexity index is 979. The third-order valence-corrected chi connectivity index (χ3v) is 7.74. The second-order valence-corrected chi connectivity index (χ2v) is 11.4. The predicted octanol–water partition coefficient (Wildman–Crippen LogP) is 2.76. The second kappa shape index (κ2) is 9.08. The van der Waals surface area contributed by atoms with E-state index in [2.05, 4.69) is 10.0 Å². The topological polar surface area (TPSA) is 113 Å². The number of sulfonamides is 1. The van der Waals surface area contributed by atoms with Crippen LogP contribution in [-0.2, 0) is 14.8 Å². The minimum atomic E-state index is -3.33. The molecule has 1 aliphatic carbocycles. The smallest absolute Gasteiger partial charge is 0.261 e. The van der Waals surface area contributed by atoms with Crippen molar-refractivity contribution < 1.29 is 22.8 Å². The van der Waals surface area contributed by atoms with E-state index in [9.17, 15) is 22.8 Å². The van der Waals surface area contributed by atoms with Crippen LogP contribution in [-0.4, -0.2) is 48.9 Å². The van der Waals surface area contributed by atoms with Crippen LogP contribution in [0.15, 0.2) is 18.2 Å². The quantitative estimate of drug-likeness (QED) is 0.622. The van der Waals surface area contributed by atoms with Gasteiger partial charge in [0.2, 0.25) is 15.9 Å². The molecule has 0 bridgehead atoms. The Labute approximate surface area is 183 Å². The van der Waals surface area contributed by atoms with Crippen molar-refractivity contribution in [3.63, 3.8) is 0 Å². The highest BCUT2D eigenvalue weighted by Gasteiger charge is 2.36. The summed E-state index contributed by atoms with van der Waals surface area (Å²) in [6, 6.07) is 4.65. The molecule has 0 spiro atoms. The third kappa shape index (κ3) is 5.15. The van der Waals surface area contributed by atoms with E-state index in [1.54, 1.807) is 32.0 Å². The van der Waals surface area contributed by atoms with Gasteiger partial charge in [-0.15, -0.1) is 0 Å². The maximum Gasteiger partial charge on any atom is 0.261 e. The molecule has 3 rings (SSSR count). The van der Waals surface area contributed by atoms with Crippen LogP contribution >= 0.6 is 0 Å². The number of nitrogens with one attached hydrogen (secondary N) is 2. The molecule has 1 aliphatic heterocycles. The van der Waals surface area contributed by atoms with Gasteiger partial charge >= 0.3 is 0 Å². The minimum absolute atomic E-state index is 0.146. The van der Waals surface area contributed by atoms with Gasteiger partial charge in [-0.1, -0.05) is 13.8 Å². The molecule has 31 heavy (non-hydrogen) atoms. The summed E-state index contributed by atoms with van der Waals surface area (Å²) in [7, 11) is -3.33. The van der Waals surface area contributed by atoms with Crippen molar-refractivity contribution in [3.05, 3.63) is 29.3 Å². The molecule has 1 heterocycles. The molecule has 8 nitrogen and oxygen atoms in total. The molecule has 1 fully saturated rings. The molecule has 9 heteroatoms. The van der Waals surface area contributed by atoms with Crippen LogP contribution < -0.4 is 10.0 Å². The van der Waals surface area contributed by atoms with Gasteiger partial charge in [0, 0.05) is 24.2 Å². The molecule has 3 amide bonds. The number of fused-ring (bicyclic) bond motifs is 1. The number of hydrogen-bond donors (Lipinski definition) is 2. The molecule has 1 aromatic rings. The Morgan fingerprint density at radius 1 is 1.03 bits per heavy atom. The van der Waals surface area contributed by atoms with Gasteiger partial charge in [0.25, 0.3) is 11.8 Å². The lowest BCUT2D eigenvalue weighted by Crippen LogP contribution is -2.42. The molecule has 0 unspecified atom stereocenters. The van der Waals surface area contributed by atoms with Crippen molar-refractivity contribution in [1.82, 2.24) is 9.62 Å². The molecular formula is C22H31N3O5S. The zero-order valence-electron chi connectivity index (χ0n) is 18.5. The summed E-state index contributed by atoms with van der Waals surface area (Å²) in [5, 5.41) is 2.37. The average Bonchev–Trinajstić information content (AvgIpc) is 2.92. The Kier molecular flexibility index (Phi) is 6.85. The van der Waals surface area contributed by atoms with E-state index in [4.69, 9.17) is 0 Å². The van der Waals surface area contributed by atoms with Crippen LogP contribution in [0.4, 0.5) is 5.69 Å². The Hall–Kier alpha value is -2.26. The molecule has 0 saturated heterocycles. The molecule has 0 aromatic heterocycles. The number of amides is 3. The maximum absolute atomic E-state index is 12.7. The first-order chi connectivity index (χ1) is 14.5. The summed E-state index contributed by atoms with van der Waals surface area (Å²) in [6.45, 7) is 7.52. The number of carbonyl (C=O) groups is 3. The van der Waals surface area contributed by atoms with Gasteiger partial charge in [-0.2, -0.15) is 0 Å². The minimum Gasteiger partial charge on any atom is -0.326 e. The van der Waals surface area contributed by atoms with Gasteiger partial charge in [0.15, 0.2) is 0 Å². The van der Waals surface area contributed by atoms with Crippen molar-refractivity contribution in [3.8, 4) is 0 Å². The van der Waals surface area contributed by atoms with E-state index in [-0.39, 0.29) is 35.6 Å². The average molecular weight is 450 g/mol. The number of benzene rings is 1. The fourth-order valence-electron chi connectivity index (χ4n) is 3.99. The third-order valence-electron chi connectivity index (χ3n) is 5.84. The molecule has 0 atom stereocenters. The van der Waals surface area contributed by atoms with Gasteiger partial charge in [0.05, 0.1) is 16.4 Å². The summed E-state index contributed by atoms with van der Waals surface area (Å²) in [5.74, 6) is -0.832. The highest BCUT2D eigenvalue weighted by Crippen LogP contribution is 2.29. The van der Waals surface area contributed by atoms with Crippen molar-refractivity contribution in [2.45, 2.75) is 64.7 Å². The first-order valence-electron chi connectivity index (χ1n) is 10.8.